The Hall–Kier alpha value is -0.0800. The molecule has 1 heterocycles. The summed E-state index contributed by atoms with van der Waals surface area (Å²) in [7, 11) is 0. The summed E-state index contributed by atoms with van der Waals surface area (Å²) in [5.41, 5.74) is 0.486. The van der Waals surface area contributed by atoms with Crippen molar-refractivity contribution in [3.05, 3.63) is 0 Å². The Morgan fingerprint density at radius 3 is 2.07 bits per heavy atom. The van der Waals surface area contributed by atoms with Crippen molar-refractivity contribution >= 4 is 0 Å². The molecule has 2 heteroatoms. The molecular formula is C12H23NO. The third-order valence-electron chi connectivity index (χ3n) is 3.96. The SMILES string of the molecule is CC1(N2CCOCC2)CCCCCC1. The summed E-state index contributed by atoms with van der Waals surface area (Å²) < 4.78 is 5.43. The van der Waals surface area contributed by atoms with Crippen molar-refractivity contribution < 1.29 is 4.74 Å². The van der Waals surface area contributed by atoms with Crippen LogP contribution in [0, 0.1) is 0 Å². The summed E-state index contributed by atoms with van der Waals surface area (Å²) >= 11 is 0. The van der Waals surface area contributed by atoms with E-state index in [2.05, 4.69) is 11.8 Å². The number of nitrogens with zero attached hydrogens (tertiary/aromatic N) is 1. The summed E-state index contributed by atoms with van der Waals surface area (Å²) in [5, 5.41) is 0. The number of rotatable bonds is 1. The van der Waals surface area contributed by atoms with Crippen LogP contribution in [0.25, 0.3) is 0 Å². The molecule has 0 aromatic carbocycles. The normalized spacial score (nSPS) is 29.8. The molecule has 1 aliphatic heterocycles. The van der Waals surface area contributed by atoms with Gasteiger partial charge < -0.3 is 4.74 Å². The fourth-order valence-corrected chi connectivity index (χ4v) is 2.91. The van der Waals surface area contributed by atoms with Crippen LogP contribution in [-0.4, -0.2) is 36.7 Å². The van der Waals surface area contributed by atoms with Crippen molar-refractivity contribution in [2.75, 3.05) is 26.3 Å². The van der Waals surface area contributed by atoms with Gasteiger partial charge in [-0.3, -0.25) is 4.90 Å². The standard InChI is InChI=1S/C12H23NO/c1-12(6-4-2-3-5-7-12)13-8-10-14-11-9-13/h2-11H2,1H3. The van der Waals surface area contributed by atoms with Crippen molar-refractivity contribution in [2.24, 2.45) is 0 Å². The molecule has 14 heavy (non-hydrogen) atoms. The van der Waals surface area contributed by atoms with Crippen LogP contribution in [0.5, 0.6) is 0 Å². The molecule has 0 unspecified atom stereocenters. The first kappa shape index (κ1) is 10.4. The first-order valence-corrected chi connectivity index (χ1v) is 6.14. The molecule has 0 bridgehead atoms. The van der Waals surface area contributed by atoms with Crippen LogP contribution >= 0.6 is 0 Å². The summed E-state index contributed by atoms with van der Waals surface area (Å²) in [6.45, 7) is 6.64. The fourth-order valence-electron chi connectivity index (χ4n) is 2.91. The highest BCUT2D eigenvalue weighted by molar-refractivity contribution is 4.88. The summed E-state index contributed by atoms with van der Waals surface area (Å²) in [6.07, 6.45) is 8.53. The van der Waals surface area contributed by atoms with Crippen molar-refractivity contribution in [1.29, 1.82) is 0 Å². The van der Waals surface area contributed by atoms with Gasteiger partial charge in [-0.05, 0) is 19.8 Å². The van der Waals surface area contributed by atoms with Crippen molar-refractivity contribution in [3.8, 4) is 0 Å². The van der Waals surface area contributed by atoms with E-state index in [1.54, 1.807) is 0 Å². The molecule has 0 atom stereocenters. The molecule has 2 fully saturated rings. The molecular weight excluding hydrogens is 174 g/mol. The zero-order valence-electron chi connectivity index (χ0n) is 9.43. The lowest BCUT2D eigenvalue weighted by molar-refractivity contribution is -0.0218. The minimum Gasteiger partial charge on any atom is -0.379 e. The van der Waals surface area contributed by atoms with E-state index in [1.807, 2.05) is 0 Å². The molecule has 2 aliphatic rings. The Morgan fingerprint density at radius 2 is 1.50 bits per heavy atom. The van der Waals surface area contributed by atoms with Crippen LogP contribution in [0.3, 0.4) is 0 Å². The third-order valence-corrected chi connectivity index (χ3v) is 3.96. The Labute approximate surface area is 87.6 Å². The van der Waals surface area contributed by atoms with E-state index >= 15 is 0 Å². The molecule has 2 rings (SSSR count). The zero-order chi connectivity index (χ0) is 9.86. The lowest BCUT2D eigenvalue weighted by Crippen LogP contribution is -2.51. The molecule has 0 amide bonds. The number of hydrogen-bond acceptors (Lipinski definition) is 2. The second kappa shape index (κ2) is 4.63. The average molecular weight is 197 g/mol. The Kier molecular flexibility index (Phi) is 3.45. The largest absolute Gasteiger partial charge is 0.379 e. The van der Waals surface area contributed by atoms with Gasteiger partial charge in [0, 0.05) is 18.6 Å². The predicted octanol–water partition coefficient (Wildman–Crippen LogP) is 2.43. The van der Waals surface area contributed by atoms with Gasteiger partial charge in [-0.25, -0.2) is 0 Å². The van der Waals surface area contributed by atoms with Crippen LogP contribution in [-0.2, 0) is 4.74 Å². The quantitative estimate of drug-likeness (QED) is 0.599. The molecule has 1 saturated heterocycles. The highest BCUT2D eigenvalue weighted by atomic mass is 16.5. The van der Waals surface area contributed by atoms with Crippen molar-refractivity contribution in [1.82, 2.24) is 4.90 Å². The predicted molar refractivity (Wildman–Crippen MR) is 58.5 cm³/mol. The van der Waals surface area contributed by atoms with E-state index in [4.69, 9.17) is 4.74 Å². The first-order valence-electron chi connectivity index (χ1n) is 6.14. The first-order chi connectivity index (χ1) is 6.81. The second-order valence-electron chi connectivity index (χ2n) is 5.01. The maximum Gasteiger partial charge on any atom is 0.0594 e. The number of morpholine rings is 1. The molecule has 2 nitrogen and oxygen atoms in total. The minimum atomic E-state index is 0.486. The highest BCUT2D eigenvalue weighted by Gasteiger charge is 2.32. The zero-order valence-corrected chi connectivity index (χ0v) is 9.43. The third kappa shape index (κ3) is 2.29. The van der Waals surface area contributed by atoms with E-state index in [1.165, 1.54) is 38.5 Å². The van der Waals surface area contributed by atoms with Crippen LogP contribution in [0.15, 0.2) is 0 Å². The summed E-state index contributed by atoms with van der Waals surface area (Å²) in [6, 6.07) is 0. The number of hydrogen-bond donors (Lipinski definition) is 0. The molecule has 0 spiro atoms. The van der Waals surface area contributed by atoms with Crippen molar-refractivity contribution in [2.45, 2.75) is 51.0 Å². The molecule has 0 aromatic rings. The van der Waals surface area contributed by atoms with E-state index in [0.29, 0.717) is 5.54 Å². The van der Waals surface area contributed by atoms with E-state index in [0.717, 1.165) is 26.3 Å². The number of ether oxygens (including phenoxy) is 1. The summed E-state index contributed by atoms with van der Waals surface area (Å²) in [5.74, 6) is 0. The smallest absolute Gasteiger partial charge is 0.0594 e. The van der Waals surface area contributed by atoms with Crippen LogP contribution in [0.2, 0.25) is 0 Å². The van der Waals surface area contributed by atoms with Gasteiger partial charge in [-0.2, -0.15) is 0 Å². The van der Waals surface area contributed by atoms with Crippen LogP contribution in [0.4, 0.5) is 0 Å². The van der Waals surface area contributed by atoms with E-state index < -0.39 is 0 Å². The molecule has 0 N–H and O–H groups in total. The molecule has 1 aliphatic carbocycles. The highest BCUT2D eigenvalue weighted by Crippen LogP contribution is 2.32. The minimum absolute atomic E-state index is 0.486. The Morgan fingerprint density at radius 1 is 0.929 bits per heavy atom. The Bertz CT molecular complexity index is 167. The molecule has 0 aromatic heterocycles. The van der Waals surface area contributed by atoms with Crippen LogP contribution < -0.4 is 0 Å². The lowest BCUT2D eigenvalue weighted by Gasteiger charge is -2.43. The van der Waals surface area contributed by atoms with E-state index in [-0.39, 0.29) is 0 Å². The van der Waals surface area contributed by atoms with Gasteiger partial charge in [0.05, 0.1) is 13.2 Å². The fraction of sp³-hybridized carbons (Fsp3) is 1.00. The van der Waals surface area contributed by atoms with Crippen LogP contribution in [0.1, 0.15) is 45.4 Å². The molecule has 0 radical (unpaired) electrons. The van der Waals surface area contributed by atoms with E-state index in [9.17, 15) is 0 Å². The second-order valence-corrected chi connectivity index (χ2v) is 5.01. The van der Waals surface area contributed by atoms with Gasteiger partial charge in [0.25, 0.3) is 0 Å². The van der Waals surface area contributed by atoms with Gasteiger partial charge in [0.15, 0.2) is 0 Å². The summed E-state index contributed by atoms with van der Waals surface area (Å²) in [4.78, 5) is 2.67. The van der Waals surface area contributed by atoms with Crippen molar-refractivity contribution in [3.63, 3.8) is 0 Å². The molecule has 82 valence electrons. The molecule has 1 saturated carbocycles. The van der Waals surface area contributed by atoms with Gasteiger partial charge in [-0.1, -0.05) is 25.7 Å². The lowest BCUT2D eigenvalue weighted by atomic mass is 9.90. The monoisotopic (exact) mass is 197 g/mol. The van der Waals surface area contributed by atoms with Gasteiger partial charge in [-0.15, -0.1) is 0 Å². The van der Waals surface area contributed by atoms with Gasteiger partial charge in [0.1, 0.15) is 0 Å². The Balaban J connectivity index is 1.96. The maximum absolute atomic E-state index is 5.43. The maximum atomic E-state index is 5.43. The van der Waals surface area contributed by atoms with Gasteiger partial charge in [0.2, 0.25) is 0 Å². The van der Waals surface area contributed by atoms with Gasteiger partial charge >= 0.3 is 0 Å². The average Bonchev–Trinajstić information content (AvgIpc) is 2.46. The topological polar surface area (TPSA) is 12.5 Å².